The lowest BCUT2D eigenvalue weighted by molar-refractivity contribution is 0.806. The summed E-state index contributed by atoms with van der Waals surface area (Å²) in [5, 5.41) is 4.45. The molecule has 0 aromatic carbocycles. The fourth-order valence-corrected chi connectivity index (χ4v) is 2.39. The first kappa shape index (κ1) is 10.7. The fourth-order valence-electron chi connectivity index (χ4n) is 1.23. The second kappa shape index (κ2) is 4.72. The van der Waals surface area contributed by atoms with Crippen LogP contribution in [0, 0.1) is 0 Å². The van der Waals surface area contributed by atoms with E-state index in [1.54, 1.807) is 0 Å². The largest absolute Gasteiger partial charge is 0.315 e. The molecule has 1 rings (SSSR count). The maximum absolute atomic E-state index is 4.63. The minimum atomic E-state index is 0.556. The number of nitrogens with zero attached hydrogens (tertiary/aromatic N) is 1. The summed E-state index contributed by atoms with van der Waals surface area (Å²) in [5.74, 6) is 0.556. The lowest BCUT2D eigenvalue weighted by atomic mass is 10.2. The second-order valence-corrected chi connectivity index (χ2v) is 4.58. The van der Waals surface area contributed by atoms with Crippen LogP contribution in [0.5, 0.6) is 0 Å². The van der Waals surface area contributed by atoms with Crippen LogP contribution < -0.4 is 5.32 Å². The minimum Gasteiger partial charge on any atom is -0.315 e. The third kappa shape index (κ3) is 2.51. The summed E-state index contributed by atoms with van der Waals surface area (Å²) in [6.07, 6.45) is 1.04. The van der Waals surface area contributed by atoms with E-state index in [-0.39, 0.29) is 0 Å². The quantitative estimate of drug-likeness (QED) is 0.804. The first-order valence-corrected chi connectivity index (χ1v) is 5.63. The Morgan fingerprint density at radius 3 is 2.62 bits per heavy atom. The van der Waals surface area contributed by atoms with Crippen LogP contribution in [0.3, 0.4) is 0 Å². The van der Waals surface area contributed by atoms with E-state index in [4.69, 9.17) is 0 Å². The van der Waals surface area contributed by atoms with E-state index >= 15 is 0 Å². The van der Waals surface area contributed by atoms with Gasteiger partial charge in [-0.05, 0) is 13.5 Å². The van der Waals surface area contributed by atoms with Gasteiger partial charge in [-0.2, -0.15) is 0 Å². The average molecular weight is 198 g/mol. The van der Waals surface area contributed by atoms with Gasteiger partial charge in [-0.1, -0.05) is 20.8 Å². The van der Waals surface area contributed by atoms with Gasteiger partial charge in [-0.3, -0.25) is 0 Å². The summed E-state index contributed by atoms with van der Waals surface area (Å²) < 4.78 is 0. The topological polar surface area (TPSA) is 24.9 Å². The molecule has 1 heterocycles. The van der Waals surface area contributed by atoms with E-state index in [0.717, 1.165) is 13.0 Å². The molecule has 0 bridgehead atoms. The van der Waals surface area contributed by atoms with Crippen LogP contribution in [-0.4, -0.2) is 12.0 Å². The summed E-state index contributed by atoms with van der Waals surface area (Å²) >= 11 is 1.84. The fraction of sp³-hybridized carbons (Fsp3) is 0.700. The van der Waals surface area contributed by atoms with Gasteiger partial charge in [0.15, 0.2) is 0 Å². The van der Waals surface area contributed by atoms with E-state index in [1.165, 1.54) is 15.6 Å². The molecule has 0 saturated carbocycles. The third-order valence-corrected chi connectivity index (χ3v) is 3.36. The highest BCUT2D eigenvalue weighted by atomic mass is 32.1. The van der Waals surface area contributed by atoms with Gasteiger partial charge in [0.25, 0.3) is 0 Å². The first-order valence-electron chi connectivity index (χ1n) is 4.82. The number of rotatable bonds is 4. The number of aromatic nitrogens is 1. The zero-order valence-electron chi connectivity index (χ0n) is 8.85. The molecular weight excluding hydrogens is 180 g/mol. The number of thiazole rings is 1. The highest BCUT2D eigenvalue weighted by Crippen LogP contribution is 2.24. The Hall–Kier alpha value is -0.410. The molecule has 1 aromatic heterocycles. The Kier molecular flexibility index (Phi) is 3.88. The lowest BCUT2D eigenvalue weighted by Crippen LogP contribution is -2.05. The maximum atomic E-state index is 4.63. The Balaban J connectivity index is 2.90. The van der Waals surface area contributed by atoms with Gasteiger partial charge in [-0.25, -0.2) is 4.98 Å². The normalized spacial score (nSPS) is 11.2. The van der Waals surface area contributed by atoms with E-state index in [1.807, 2.05) is 18.4 Å². The molecule has 0 atom stereocenters. The summed E-state index contributed by atoms with van der Waals surface area (Å²) in [6, 6.07) is 0. The predicted molar refractivity (Wildman–Crippen MR) is 58.3 cm³/mol. The molecule has 0 aliphatic rings. The second-order valence-electron chi connectivity index (χ2n) is 3.46. The Labute approximate surface area is 84.4 Å². The molecular formula is C10H18N2S. The van der Waals surface area contributed by atoms with Crippen molar-refractivity contribution in [2.75, 3.05) is 7.05 Å². The summed E-state index contributed by atoms with van der Waals surface area (Å²) in [7, 11) is 1.98. The van der Waals surface area contributed by atoms with Gasteiger partial charge in [0.05, 0.1) is 10.7 Å². The van der Waals surface area contributed by atoms with Crippen LogP contribution in [0.15, 0.2) is 0 Å². The van der Waals surface area contributed by atoms with Crippen molar-refractivity contribution >= 4 is 11.3 Å². The van der Waals surface area contributed by atoms with E-state index in [9.17, 15) is 0 Å². The standard InChI is InChI=1S/C10H18N2S/c1-5-8-9(6-11-4)13-10(12-8)7(2)3/h7,11H,5-6H2,1-4H3. The summed E-state index contributed by atoms with van der Waals surface area (Å²) in [4.78, 5) is 6.02. The molecule has 1 N–H and O–H groups in total. The van der Waals surface area contributed by atoms with Crippen LogP contribution in [0.4, 0.5) is 0 Å². The van der Waals surface area contributed by atoms with Crippen molar-refractivity contribution in [1.82, 2.24) is 10.3 Å². The van der Waals surface area contributed by atoms with Crippen LogP contribution in [0.25, 0.3) is 0 Å². The molecule has 0 fully saturated rings. The zero-order chi connectivity index (χ0) is 9.84. The Morgan fingerprint density at radius 1 is 1.46 bits per heavy atom. The highest BCUT2D eigenvalue weighted by molar-refractivity contribution is 7.11. The molecule has 0 aliphatic heterocycles. The van der Waals surface area contributed by atoms with Gasteiger partial charge in [0.1, 0.15) is 0 Å². The number of hydrogen-bond acceptors (Lipinski definition) is 3. The van der Waals surface area contributed by atoms with E-state index in [0.29, 0.717) is 5.92 Å². The van der Waals surface area contributed by atoms with Crippen molar-refractivity contribution in [2.24, 2.45) is 0 Å². The lowest BCUT2D eigenvalue weighted by Gasteiger charge is -1.96. The highest BCUT2D eigenvalue weighted by Gasteiger charge is 2.10. The molecule has 0 saturated heterocycles. The Bertz CT molecular complexity index is 266. The van der Waals surface area contributed by atoms with Gasteiger partial charge < -0.3 is 5.32 Å². The molecule has 3 heteroatoms. The smallest absolute Gasteiger partial charge is 0.0957 e. The van der Waals surface area contributed by atoms with Crippen molar-refractivity contribution in [3.8, 4) is 0 Å². The van der Waals surface area contributed by atoms with Gasteiger partial charge in [0.2, 0.25) is 0 Å². The van der Waals surface area contributed by atoms with E-state index in [2.05, 4.69) is 31.1 Å². The van der Waals surface area contributed by atoms with Gasteiger partial charge in [0, 0.05) is 17.3 Å². The summed E-state index contributed by atoms with van der Waals surface area (Å²) in [6.45, 7) is 7.51. The van der Waals surface area contributed by atoms with Crippen LogP contribution in [0.2, 0.25) is 0 Å². The number of nitrogens with one attached hydrogen (secondary N) is 1. The number of hydrogen-bond donors (Lipinski definition) is 1. The Morgan fingerprint density at radius 2 is 2.15 bits per heavy atom. The monoisotopic (exact) mass is 198 g/mol. The van der Waals surface area contributed by atoms with Crippen LogP contribution >= 0.6 is 11.3 Å². The SMILES string of the molecule is CCc1nc(C(C)C)sc1CNC. The molecule has 13 heavy (non-hydrogen) atoms. The molecule has 0 aliphatic carbocycles. The number of aryl methyl sites for hydroxylation is 1. The van der Waals surface area contributed by atoms with Gasteiger partial charge in [-0.15, -0.1) is 11.3 Å². The van der Waals surface area contributed by atoms with Crippen molar-refractivity contribution < 1.29 is 0 Å². The van der Waals surface area contributed by atoms with Crippen molar-refractivity contribution in [3.63, 3.8) is 0 Å². The third-order valence-electron chi connectivity index (χ3n) is 1.96. The molecule has 0 radical (unpaired) electrons. The minimum absolute atomic E-state index is 0.556. The molecule has 74 valence electrons. The van der Waals surface area contributed by atoms with E-state index < -0.39 is 0 Å². The van der Waals surface area contributed by atoms with Crippen LogP contribution in [0.1, 0.15) is 42.3 Å². The average Bonchev–Trinajstić information content (AvgIpc) is 2.48. The molecule has 0 spiro atoms. The molecule has 1 aromatic rings. The molecule has 0 unspecified atom stereocenters. The first-order chi connectivity index (χ1) is 6.19. The molecule has 2 nitrogen and oxygen atoms in total. The summed E-state index contributed by atoms with van der Waals surface area (Å²) in [5.41, 5.74) is 1.27. The molecule has 0 amide bonds. The predicted octanol–water partition coefficient (Wildman–Crippen LogP) is 2.55. The van der Waals surface area contributed by atoms with Crippen molar-refractivity contribution in [3.05, 3.63) is 15.6 Å². The van der Waals surface area contributed by atoms with Crippen LogP contribution in [-0.2, 0) is 13.0 Å². The van der Waals surface area contributed by atoms with Gasteiger partial charge >= 0.3 is 0 Å². The van der Waals surface area contributed by atoms with Crippen molar-refractivity contribution in [2.45, 2.75) is 39.7 Å². The zero-order valence-corrected chi connectivity index (χ0v) is 9.66. The maximum Gasteiger partial charge on any atom is 0.0957 e. The van der Waals surface area contributed by atoms with Crippen molar-refractivity contribution in [1.29, 1.82) is 0 Å².